The van der Waals surface area contributed by atoms with Gasteiger partial charge in [0.05, 0.1) is 0 Å². The molecular formula is C15H13N3O5. The fraction of sp³-hybridized carbons (Fsp3) is 0.267. The summed E-state index contributed by atoms with van der Waals surface area (Å²) < 4.78 is 0. The van der Waals surface area contributed by atoms with Gasteiger partial charge in [-0.3, -0.25) is 29.3 Å². The highest BCUT2D eigenvalue weighted by atomic mass is 16.2. The van der Waals surface area contributed by atoms with Crippen LogP contribution in [0.4, 0.5) is 0 Å². The van der Waals surface area contributed by atoms with Gasteiger partial charge in [0, 0.05) is 17.5 Å². The molecule has 2 aliphatic rings. The number of fused-ring (bicyclic) bond motifs is 1. The summed E-state index contributed by atoms with van der Waals surface area (Å²) in [4.78, 5) is 59.8. The number of carbonyl (C=O) groups excluding carboxylic acids is 5. The Kier molecular flexibility index (Phi) is 3.44. The first kappa shape index (κ1) is 14.9. The van der Waals surface area contributed by atoms with Gasteiger partial charge in [0.1, 0.15) is 18.4 Å². The van der Waals surface area contributed by atoms with Crippen molar-refractivity contribution in [3.05, 3.63) is 34.9 Å². The third-order valence-electron chi connectivity index (χ3n) is 4.07. The van der Waals surface area contributed by atoms with E-state index in [-0.39, 0.29) is 24.0 Å². The van der Waals surface area contributed by atoms with Gasteiger partial charge in [0.25, 0.3) is 5.91 Å². The quantitative estimate of drug-likeness (QED) is 0.562. The van der Waals surface area contributed by atoms with E-state index < -0.39 is 35.7 Å². The number of nitrogens with zero attached hydrogens (tertiary/aromatic N) is 1. The van der Waals surface area contributed by atoms with Crippen LogP contribution in [0.5, 0.6) is 0 Å². The molecule has 1 fully saturated rings. The normalized spacial score (nSPS) is 23.5. The summed E-state index contributed by atoms with van der Waals surface area (Å²) in [6, 6.07) is 2.28. The number of amides is 4. The first-order chi connectivity index (χ1) is 10.9. The van der Waals surface area contributed by atoms with E-state index in [0.29, 0.717) is 11.8 Å². The monoisotopic (exact) mass is 315 g/mol. The molecule has 4 amide bonds. The van der Waals surface area contributed by atoms with Crippen LogP contribution in [0.15, 0.2) is 18.2 Å². The minimum absolute atomic E-state index is 0.0710. The molecule has 0 bridgehead atoms. The van der Waals surface area contributed by atoms with Crippen molar-refractivity contribution in [2.45, 2.75) is 24.9 Å². The maximum Gasteiger partial charge on any atom is 0.255 e. The van der Waals surface area contributed by atoms with E-state index in [1.807, 2.05) is 0 Å². The molecule has 0 radical (unpaired) electrons. The second kappa shape index (κ2) is 5.31. The highest BCUT2D eigenvalue weighted by Crippen LogP contribution is 2.37. The van der Waals surface area contributed by atoms with Crippen LogP contribution in [0, 0.1) is 0 Å². The Morgan fingerprint density at radius 2 is 2.04 bits per heavy atom. The summed E-state index contributed by atoms with van der Waals surface area (Å²) in [6.07, 6.45) is 0.776. The fourth-order valence-electron chi connectivity index (χ4n) is 3.04. The van der Waals surface area contributed by atoms with Crippen LogP contribution in [0.2, 0.25) is 0 Å². The number of aldehydes is 1. The average Bonchev–Trinajstić information content (AvgIpc) is 2.80. The lowest BCUT2D eigenvalue weighted by atomic mass is 10.0. The smallest absolute Gasteiger partial charge is 0.255 e. The van der Waals surface area contributed by atoms with Crippen LogP contribution in [-0.2, 0) is 14.4 Å². The molecule has 23 heavy (non-hydrogen) atoms. The van der Waals surface area contributed by atoms with Crippen molar-refractivity contribution in [3.8, 4) is 0 Å². The Bertz CT molecular complexity index is 757. The minimum Gasteiger partial charge on any atom is -0.368 e. The molecule has 0 saturated carbocycles. The van der Waals surface area contributed by atoms with Gasteiger partial charge in [-0.25, -0.2) is 0 Å². The third-order valence-corrected chi connectivity index (χ3v) is 4.07. The molecule has 1 saturated heterocycles. The minimum atomic E-state index is -1.10. The summed E-state index contributed by atoms with van der Waals surface area (Å²) >= 11 is 0. The highest BCUT2D eigenvalue weighted by Gasteiger charge is 2.47. The van der Waals surface area contributed by atoms with Crippen LogP contribution in [0.3, 0.4) is 0 Å². The lowest BCUT2D eigenvalue weighted by Crippen LogP contribution is -2.55. The second-order valence-electron chi connectivity index (χ2n) is 5.45. The Hall–Kier alpha value is -3.03. The molecule has 3 N–H and O–H groups in total. The highest BCUT2D eigenvalue weighted by molar-refractivity contribution is 6.09. The van der Waals surface area contributed by atoms with Crippen LogP contribution >= 0.6 is 0 Å². The van der Waals surface area contributed by atoms with Crippen molar-refractivity contribution in [1.29, 1.82) is 0 Å². The number of carbonyl (C=O) groups is 5. The van der Waals surface area contributed by atoms with Gasteiger partial charge in [-0.2, -0.15) is 0 Å². The number of nitrogens with one attached hydrogen (secondary N) is 1. The van der Waals surface area contributed by atoms with Crippen LogP contribution in [0.1, 0.15) is 45.2 Å². The number of hydrogen-bond donors (Lipinski definition) is 2. The van der Waals surface area contributed by atoms with Crippen LogP contribution in [0.25, 0.3) is 0 Å². The molecule has 0 spiro atoms. The Morgan fingerprint density at radius 3 is 2.65 bits per heavy atom. The molecule has 3 rings (SSSR count). The molecular weight excluding hydrogens is 302 g/mol. The zero-order valence-electron chi connectivity index (χ0n) is 11.9. The molecule has 0 aromatic heterocycles. The summed E-state index contributed by atoms with van der Waals surface area (Å²) in [5.74, 6) is -2.39. The Morgan fingerprint density at radius 1 is 1.30 bits per heavy atom. The zero-order chi connectivity index (χ0) is 16.7. The van der Waals surface area contributed by atoms with E-state index in [0.717, 1.165) is 4.90 Å². The lowest BCUT2D eigenvalue weighted by molar-refractivity contribution is -0.138. The molecule has 2 unspecified atom stereocenters. The maximum atomic E-state index is 12.6. The molecule has 0 aliphatic carbocycles. The van der Waals surface area contributed by atoms with Crippen molar-refractivity contribution in [1.82, 2.24) is 10.2 Å². The molecule has 2 atom stereocenters. The molecule has 2 aliphatic heterocycles. The maximum absolute atomic E-state index is 12.6. The molecule has 8 nitrogen and oxygen atoms in total. The van der Waals surface area contributed by atoms with Gasteiger partial charge in [0.15, 0.2) is 0 Å². The topological polar surface area (TPSA) is 127 Å². The van der Waals surface area contributed by atoms with Gasteiger partial charge < -0.3 is 10.6 Å². The van der Waals surface area contributed by atoms with Gasteiger partial charge in [-0.05, 0) is 18.1 Å². The first-order valence-electron chi connectivity index (χ1n) is 6.99. The van der Waals surface area contributed by atoms with Crippen LogP contribution in [-0.4, -0.2) is 40.9 Å². The van der Waals surface area contributed by atoms with Gasteiger partial charge >= 0.3 is 0 Å². The average molecular weight is 315 g/mol. The van der Waals surface area contributed by atoms with Crippen LogP contribution < -0.4 is 11.1 Å². The van der Waals surface area contributed by atoms with Crippen molar-refractivity contribution in [2.24, 2.45) is 5.73 Å². The van der Waals surface area contributed by atoms with E-state index >= 15 is 0 Å². The van der Waals surface area contributed by atoms with E-state index in [2.05, 4.69) is 5.32 Å². The van der Waals surface area contributed by atoms with Crippen molar-refractivity contribution < 1.29 is 24.0 Å². The van der Waals surface area contributed by atoms with Crippen molar-refractivity contribution in [2.75, 3.05) is 0 Å². The Balaban J connectivity index is 2.05. The SMILES string of the molecule is NC(=O)C1c2ccc(C=O)cc2C(=O)N1C1CCC(=O)NC1=O. The molecule has 118 valence electrons. The molecule has 8 heteroatoms. The summed E-state index contributed by atoms with van der Waals surface area (Å²) in [7, 11) is 0. The second-order valence-corrected chi connectivity index (χ2v) is 5.45. The van der Waals surface area contributed by atoms with E-state index in [1.165, 1.54) is 18.2 Å². The van der Waals surface area contributed by atoms with E-state index in [4.69, 9.17) is 5.73 Å². The molecule has 1 aromatic rings. The van der Waals surface area contributed by atoms with Gasteiger partial charge in [-0.1, -0.05) is 12.1 Å². The number of nitrogens with two attached hydrogens (primary N) is 1. The zero-order valence-corrected chi connectivity index (χ0v) is 11.9. The predicted molar refractivity (Wildman–Crippen MR) is 76.1 cm³/mol. The number of hydrogen-bond acceptors (Lipinski definition) is 5. The number of piperidine rings is 1. The van der Waals surface area contributed by atoms with E-state index in [9.17, 15) is 24.0 Å². The summed E-state index contributed by atoms with van der Waals surface area (Å²) in [6.45, 7) is 0. The largest absolute Gasteiger partial charge is 0.368 e. The number of rotatable bonds is 3. The summed E-state index contributed by atoms with van der Waals surface area (Å²) in [5.41, 5.74) is 6.23. The van der Waals surface area contributed by atoms with Crippen molar-refractivity contribution >= 4 is 29.9 Å². The molecule has 1 aromatic carbocycles. The molecule has 2 heterocycles. The lowest BCUT2D eigenvalue weighted by Gasteiger charge is -2.33. The first-order valence-corrected chi connectivity index (χ1v) is 6.99. The fourth-order valence-corrected chi connectivity index (χ4v) is 3.04. The number of primary amides is 1. The van der Waals surface area contributed by atoms with Gasteiger partial charge in [-0.15, -0.1) is 0 Å². The number of benzene rings is 1. The van der Waals surface area contributed by atoms with E-state index in [1.54, 1.807) is 0 Å². The summed E-state index contributed by atoms with van der Waals surface area (Å²) in [5, 5.41) is 2.16. The standard InChI is InChI=1S/C15H13N3O5/c16-13(21)12-8-2-1-7(6-19)5-9(8)15(23)18(12)10-3-4-11(20)17-14(10)22/h1-2,5-6,10,12H,3-4H2,(H2,16,21)(H,17,20,22). The van der Waals surface area contributed by atoms with Gasteiger partial charge in [0.2, 0.25) is 17.7 Å². The Labute approximate surface area is 130 Å². The predicted octanol–water partition coefficient (Wildman–Crippen LogP) is -0.714. The number of imide groups is 1. The van der Waals surface area contributed by atoms with Crippen molar-refractivity contribution in [3.63, 3.8) is 0 Å². The third kappa shape index (κ3) is 2.28.